The number of carboxylic acids is 1. The molecular formula is C17H22N2O4. The van der Waals surface area contributed by atoms with Gasteiger partial charge in [0.1, 0.15) is 5.75 Å². The van der Waals surface area contributed by atoms with Crippen molar-refractivity contribution in [1.82, 2.24) is 4.90 Å². The van der Waals surface area contributed by atoms with E-state index in [1.54, 1.807) is 24.8 Å². The Labute approximate surface area is 135 Å². The Bertz CT molecular complexity index is 635. The van der Waals surface area contributed by atoms with Crippen LogP contribution in [-0.2, 0) is 4.79 Å². The second-order valence-corrected chi connectivity index (χ2v) is 6.61. The van der Waals surface area contributed by atoms with Crippen LogP contribution in [0.3, 0.4) is 0 Å². The number of ether oxygens (including phenoxy) is 1. The zero-order valence-electron chi connectivity index (χ0n) is 13.5. The summed E-state index contributed by atoms with van der Waals surface area (Å²) in [6.45, 7) is 6.94. The van der Waals surface area contributed by atoms with Crippen LogP contribution in [0.25, 0.3) is 0 Å². The third kappa shape index (κ3) is 3.03. The molecule has 6 nitrogen and oxygen atoms in total. The molecule has 0 bridgehead atoms. The third-order valence-electron chi connectivity index (χ3n) is 4.46. The summed E-state index contributed by atoms with van der Waals surface area (Å²) in [5.74, 6) is -0.586. The molecule has 124 valence electrons. The number of amides is 1. The summed E-state index contributed by atoms with van der Waals surface area (Å²) in [5, 5.41) is 9.19. The zero-order valence-corrected chi connectivity index (χ0v) is 13.5. The number of carboxylic acid groups (broad SMARTS) is 1. The summed E-state index contributed by atoms with van der Waals surface area (Å²) < 4.78 is 5.77. The lowest BCUT2D eigenvalue weighted by Crippen LogP contribution is -2.54. The van der Waals surface area contributed by atoms with E-state index in [1.807, 2.05) is 0 Å². The fraction of sp³-hybridized carbons (Fsp3) is 0.529. The highest BCUT2D eigenvalue weighted by Gasteiger charge is 2.41. The minimum atomic E-state index is -1.01. The molecule has 0 spiro atoms. The van der Waals surface area contributed by atoms with Gasteiger partial charge < -0.3 is 19.6 Å². The van der Waals surface area contributed by atoms with Crippen LogP contribution in [0.4, 0.5) is 5.69 Å². The van der Waals surface area contributed by atoms with Crippen LogP contribution in [0.2, 0.25) is 0 Å². The van der Waals surface area contributed by atoms with Gasteiger partial charge in [0.15, 0.2) is 5.60 Å². The standard InChI is InChI=1S/C17H22N2O4/c1-17(2)16(22)19(10-9-18-7-3-4-8-18)13-11-12(15(20)21)5-6-14(13)23-17/h5-6,11H,3-4,7-10H2,1-2H3,(H,20,21). The van der Waals surface area contributed by atoms with Crippen molar-refractivity contribution < 1.29 is 19.4 Å². The van der Waals surface area contributed by atoms with Crippen LogP contribution in [0, 0.1) is 0 Å². The van der Waals surface area contributed by atoms with Crippen LogP contribution in [0.5, 0.6) is 5.75 Å². The zero-order chi connectivity index (χ0) is 16.6. The summed E-state index contributed by atoms with van der Waals surface area (Å²) in [6.07, 6.45) is 2.39. The van der Waals surface area contributed by atoms with E-state index >= 15 is 0 Å². The number of nitrogens with zero attached hydrogens (tertiary/aromatic N) is 2. The van der Waals surface area contributed by atoms with E-state index in [4.69, 9.17) is 4.74 Å². The number of rotatable bonds is 4. The molecule has 0 aromatic heterocycles. The van der Waals surface area contributed by atoms with E-state index in [9.17, 15) is 14.7 Å². The van der Waals surface area contributed by atoms with Crippen molar-refractivity contribution >= 4 is 17.6 Å². The minimum absolute atomic E-state index is 0.133. The smallest absolute Gasteiger partial charge is 0.335 e. The van der Waals surface area contributed by atoms with Gasteiger partial charge in [0.25, 0.3) is 5.91 Å². The quantitative estimate of drug-likeness (QED) is 0.919. The molecule has 0 atom stereocenters. The maximum atomic E-state index is 12.7. The topological polar surface area (TPSA) is 70.1 Å². The van der Waals surface area contributed by atoms with Gasteiger partial charge in [0.05, 0.1) is 11.3 Å². The van der Waals surface area contributed by atoms with E-state index in [0.29, 0.717) is 18.0 Å². The molecule has 3 rings (SSSR count). The van der Waals surface area contributed by atoms with Gasteiger partial charge in [-0.2, -0.15) is 0 Å². The summed E-state index contributed by atoms with van der Waals surface area (Å²) in [5.41, 5.74) is -0.234. The number of fused-ring (bicyclic) bond motifs is 1. The average Bonchev–Trinajstić information content (AvgIpc) is 3.00. The van der Waals surface area contributed by atoms with E-state index in [1.165, 1.54) is 25.0 Å². The van der Waals surface area contributed by atoms with Crippen molar-refractivity contribution in [2.75, 3.05) is 31.1 Å². The molecule has 6 heteroatoms. The van der Waals surface area contributed by atoms with Gasteiger partial charge in [-0.1, -0.05) is 0 Å². The van der Waals surface area contributed by atoms with Crippen molar-refractivity contribution in [3.63, 3.8) is 0 Å². The summed E-state index contributed by atoms with van der Waals surface area (Å²) in [4.78, 5) is 27.9. The predicted octanol–water partition coefficient (Wildman–Crippen LogP) is 1.98. The number of benzene rings is 1. The van der Waals surface area contributed by atoms with Gasteiger partial charge >= 0.3 is 5.97 Å². The minimum Gasteiger partial charge on any atom is -0.478 e. The molecule has 1 amide bonds. The third-order valence-corrected chi connectivity index (χ3v) is 4.46. The van der Waals surface area contributed by atoms with Crippen molar-refractivity contribution in [3.05, 3.63) is 23.8 Å². The molecule has 0 radical (unpaired) electrons. The number of carbonyl (C=O) groups is 2. The van der Waals surface area contributed by atoms with Crippen LogP contribution in [-0.4, -0.2) is 53.7 Å². The normalized spacial score (nSPS) is 20.3. The second kappa shape index (κ2) is 5.85. The predicted molar refractivity (Wildman–Crippen MR) is 86.1 cm³/mol. The molecule has 1 fully saturated rings. The van der Waals surface area contributed by atoms with Gasteiger partial charge in [-0.05, 0) is 58.0 Å². The van der Waals surface area contributed by atoms with Crippen molar-refractivity contribution in [2.24, 2.45) is 0 Å². The highest BCUT2D eigenvalue weighted by Crippen LogP contribution is 2.38. The molecule has 1 aromatic carbocycles. The fourth-order valence-corrected chi connectivity index (χ4v) is 3.17. The van der Waals surface area contributed by atoms with Gasteiger partial charge in [0, 0.05) is 13.1 Å². The van der Waals surface area contributed by atoms with E-state index < -0.39 is 11.6 Å². The molecule has 2 aliphatic heterocycles. The Morgan fingerprint density at radius 1 is 1.26 bits per heavy atom. The molecule has 1 saturated heterocycles. The number of hydrogen-bond acceptors (Lipinski definition) is 4. The van der Waals surface area contributed by atoms with Crippen LogP contribution >= 0.6 is 0 Å². The molecule has 0 saturated carbocycles. The Hall–Kier alpha value is -2.08. The average molecular weight is 318 g/mol. The fourth-order valence-electron chi connectivity index (χ4n) is 3.17. The summed E-state index contributed by atoms with van der Waals surface area (Å²) in [7, 11) is 0. The molecule has 0 unspecified atom stereocenters. The highest BCUT2D eigenvalue weighted by molar-refractivity contribution is 6.03. The number of carbonyl (C=O) groups excluding carboxylic acids is 1. The molecule has 1 N–H and O–H groups in total. The van der Waals surface area contributed by atoms with Crippen molar-refractivity contribution in [2.45, 2.75) is 32.3 Å². The van der Waals surface area contributed by atoms with Crippen molar-refractivity contribution in [3.8, 4) is 5.75 Å². The lowest BCUT2D eigenvalue weighted by atomic mass is 10.0. The van der Waals surface area contributed by atoms with Crippen LogP contribution in [0.1, 0.15) is 37.0 Å². The number of anilines is 1. The molecule has 2 heterocycles. The van der Waals surface area contributed by atoms with E-state index in [0.717, 1.165) is 19.6 Å². The molecule has 23 heavy (non-hydrogen) atoms. The number of aromatic carboxylic acids is 1. The first kappa shape index (κ1) is 15.8. The molecule has 1 aromatic rings. The van der Waals surface area contributed by atoms with Crippen LogP contribution in [0.15, 0.2) is 18.2 Å². The Balaban J connectivity index is 1.90. The maximum absolute atomic E-state index is 12.7. The Kier molecular flexibility index (Phi) is 4.02. The lowest BCUT2D eigenvalue weighted by molar-refractivity contribution is -0.132. The Morgan fingerprint density at radius 2 is 1.96 bits per heavy atom. The lowest BCUT2D eigenvalue weighted by Gasteiger charge is -2.39. The largest absolute Gasteiger partial charge is 0.478 e. The monoisotopic (exact) mass is 318 g/mol. The van der Waals surface area contributed by atoms with Gasteiger partial charge in [-0.25, -0.2) is 4.79 Å². The van der Waals surface area contributed by atoms with Crippen molar-refractivity contribution in [1.29, 1.82) is 0 Å². The number of hydrogen-bond donors (Lipinski definition) is 1. The van der Waals surface area contributed by atoms with Crippen LogP contribution < -0.4 is 9.64 Å². The first-order chi connectivity index (χ1) is 10.9. The number of likely N-dealkylation sites (tertiary alicyclic amines) is 1. The summed E-state index contributed by atoms with van der Waals surface area (Å²) in [6, 6.07) is 4.66. The SMILES string of the molecule is CC1(C)Oc2ccc(C(=O)O)cc2N(CCN2CCCC2)C1=O. The van der Waals surface area contributed by atoms with E-state index in [-0.39, 0.29) is 11.5 Å². The molecule has 2 aliphatic rings. The van der Waals surface area contributed by atoms with Gasteiger partial charge in [-0.3, -0.25) is 4.79 Å². The highest BCUT2D eigenvalue weighted by atomic mass is 16.5. The van der Waals surface area contributed by atoms with Gasteiger partial charge in [-0.15, -0.1) is 0 Å². The first-order valence-electron chi connectivity index (χ1n) is 7.99. The second-order valence-electron chi connectivity index (χ2n) is 6.61. The first-order valence-corrected chi connectivity index (χ1v) is 7.99. The van der Waals surface area contributed by atoms with Gasteiger partial charge in [0.2, 0.25) is 0 Å². The molecular weight excluding hydrogens is 296 g/mol. The maximum Gasteiger partial charge on any atom is 0.335 e. The summed E-state index contributed by atoms with van der Waals surface area (Å²) >= 11 is 0. The Morgan fingerprint density at radius 3 is 2.61 bits per heavy atom. The molecule has 0 aliphatic carbocycles. The van der Waals surface area contributed by atoms with E-state index in [2.05, 4.69) is 4.90 Å².